The molecule has 0 aromatic heterocycles. The molecule has 0 saturated carbocycles. The standard InChI is InChI=1S/C33H24/c1-2-10-22(11-3-1)20-30-25-14-6-5-13-24(25)21-31(30)33-28-17-9-8-16-27(28)32-26-15-7-4-12-23(26)18-19-29(32)33/h1-19,21,30,33H,20H2. The van der Waals surface area contributed by atoms with Crippen LogP contribution in [0.1, 0.15) is 39.7 Å². The molecule has 2 aliphatic carbocycles. The van der Waals surface area contributed by atoms with Crippen molar-refractivity contribution < 1.29 is 0 Å². The highest BCUT2D eigenvalue weighted by molar-refractivity contribution is 6.02. The Morgan fingerprint density at radius 3 is 2.18 bits per heavy atom. The zero-order valence-corrected chi connectivity index (χ0v) is 18.4. The fourth-order valence-corrected chi connectivity index (χ4v) is 6.11. The van der Waals surface area contributed by atoms with E-state index in [4.69, 9.17) is 0 Å². The molecule has 5 aromatic carbocycles. The summed E-state index contributed by atoms with van der Waals surface area (Å²) in [5.41, 5.74) is 11.5. The summed E-state index contributed by atoms with van der Waals surface area (Å²) in [7, 11) is 0. The maximum atomic E-state index is 2.48. The molecule has 156 valence electrons. The van der Waals surface area contributed by atoms with Gasteiger partial charge in [-0.1, -0.05) is 121 Å². The van der Waals surface area contributed by atoms with Crippen LogP contribution in [0.25, 0.3) is 28.0 Å². The lowest BCUT2D eigenvalue weighted by molar-refractivity contribution is 0.748. The van der Waals surface area contributed by atoms with Crippen molar-refractivity contribution in [2.24, 2.45) is 0 Å². The van der Waals surface area contributed by atoms with Crippen molar-refractivity contribution in [3.63, 3.8) is 0 Å². The van der Waals surface area contributed by atoms with Crippen molar-refractivity contribution >= 4 is 16.8 Å². The van der Waals surface area contributed by atoms with Crippen LogP contribution in [-0.2, 0) is 6.42 Å². The maximum absolute atomic E-state index is 2.48. The van der Waals surface area contributed by atoms with Gasteiger partial charge in [0.1, 0.15) is 0 Å². The van der Waals surface area contributed by atoms with Crippen LogP contribution in [0.3, 0.4) is 0 Å². The molecule has 33 heavy (non-hydrogen) atoms. The number of rotatable bonds is 3. The summed E-state index contributed by atoms with van der Waals surface area (Å²) in [5, 5.41) is 2.68. The van der Waals surface area contributed by atoms with Crippen molar-refractivity contribution in [1.29, 1.82) is 0 Å². The van der Waals surface area contributed by atoms with E-state index in [-0.39, 0.29) is 0 Å². The molecule has 2 aliphatic rings. The van der Waals surface area contributed by atoms with Crippen LogP contribution in [0, 0.1) is 0 Å². The number of hydrogen-bond donors (Lipinski definition) is 0. The molecular weight excluding hydrogens is 396 g/mol. The molecule has 0 aliphatic heterocycles. The van der Waals surface area contributed by atoms with Gasteiger partial charge in [0.2, 0.25) is 0 Å². The van der Waals surface area contributed by atoms with Gasteiger partial charge in [-0.2, -0.15) is 0 Å². The highest BCUT2D eigenvalue weighted by atomic mass is 14.4. The zero-order chi connectivity index (χ0) is 21.8. The Morgan fingerprint density at radius 1 is 0.545 bits per heavy atom. The van der Waals surface area contributed by atoms with Crippen LogP contribution in [0.2, 0.25) is 0 Å². The molecule has 0 radical (unpaired) electrons. The average Bonchev–Trinajstić information content (AvgIpc) is 3.40. The molecule has 0 heterocycles. The zero-order valence-electron chi connectivity index (χ0n) is 18.4. The Kier molecular flexibility index (Phi) is 4.14. The predicted octanol–water partition coefficient (Wildman–Crippen LogP) is 8.38. The second-order valence-electron chi connectivity index (χ2n) is 9.29. The Balaban J connectivity index is 1.45. The fourth-order valence-electron chi connectivity index (χ4n) is 6.11. The summed E-state index contributed by atoms with van der Waals surface area (Å²) in [5.74, 6) is 0.681. The van der Waals surface area contributed by atoms with Gasteiger partial charge in [-0.3, -0.25) is 0 Å². The third kappa shape index (κ3) is 2.84. The third-order valence-corrected chi connectivity index (χ3v) is 7.53. The third-order valence-electron chi connectivity index (χ3n) is 7.53. The van der Waals surface area contributed by atoms with Crippen molar-refractivity contribution in [3.8, 4) is 11.1 Å². The minimum Gasteiger partial charge on any atom is -0.0622 e. The van der Waals surface area contributed by atoms with Gasteiger partial charge in [0.25, 0.3) is 0 Å². The van der Waals surface area contributed by atoms with Crippen LogP contribution in [-0.4, -0.2) is 0 Å². The number of hydrogen-bond acceptors (Lipinski definition) is 0. The molecule has 5 aromatic rings. The Labute approximate surface area is 194 Å². The lowest BCUT2D eigenvalue weighted by Gasteiger charge is -2.24. The monoisotopic (exact) mass is 420 g/mol. The molecule has 0 bridgehead atoms. The number of benzene rings is 5. The van der Waals surface area contributed by atoms with Gasteiger partial charge in [0.05, 0.1) is 0 Å². The first kappa shape index (κ1) is 18.7. The summed E-state index contributed by atoms with van der Waals surface area (Å²) >= 11 is 0. The molecule has 0 spiro atoms. The molecule has 2 unspecified atom stereocenters. The molecular formula is C33H24. The van der Waals surface area contributed by atoms with Crippen molar-refractivity contribution in [1.82, 2.24) is 0 Å². The van der Waals surface area contributed by atoms with Crippen LogP contribution >= 0.6 is 0 Å². The molecule has 7 rings (SSSR count). The molecule has 0 fully saturated rings. The van der Waals surface area contributed by atoms with Crippen molar-refractivity contribution in [2.45, 2.75) is 18.3 Å². The first-order valence-electron chi connectivity index (χ1n) is 11.8. The quantitative estimate of drug-likeness (QED) is 0.275. The average molecular weight is 421 g/mol. The highest BCUT2D eigenvalue weighted by Crippen LogP contribution is 2.56. The highest BCUT2D eigenvalue weighted by Gasteiger charge is 2.38. The second kappa shape index (κ2) is 7.32. The van der Waals surface area contributed by atoms with Crippen LogP contribution in [0.15, 0.2) is 121 Å². The summed E-state index contributed by atoms with van der Waals surface area (Å²) in [6.07, 6.45) is 3.51. The number of fused-ring (bicyclic) bond motifs is 6. The first-order chi connectivity index (χ1) is 16.4. The topological polar surface area (TPSA) is 0 Å². The Bertz CT molecular complexity index is 1540. The summed E-state index contributed by atoms with van der Waals surface area (Å²) < 4.78 is 0. The van der Waals surface area contributed by atoms with E-state index in [1.54, 1.807) is 0 Å². The van der Waals surface area contributed by atoms with E-state index < -0.39 is 0 Å². The van der Waals surface area contributed by atoms with Crippen LogP contribution in [0.4, 0.5) is 0 Å². The van der Waals surface area contributed by atoms with E-state index in [0.717, 1.165) is 6.42 Å². The first-order valence-corrected chi connectivity index (χ1v) is 11.8. The van der Waals surface area contributed by atoms with Crippen molar-refractivity contribution in [2.75, 3.05) is 0 Å². The molecule has 0 saturated heterocycles. The molecule has 0 nitrogen and oxygen atoms in total. The lowest BCUT2D eigenvalue weighted by atomic mass is 9.79. The summed E-state index contributed by atoms with van der Waals surface area (Å²) in [6, 6.07) is 42.5. The molecule has 0 amide bonds. The summed E-state index contributed by atoms with van der Waals surface area (Å²) in [4.78, 5) is 0. The van der Waals surface area contributed by atoms with Gasteiger partial charge >= 0.3 is 0 Å². The van der Waals surface area contributed by atoms with E-state index in [9.17, 15) is 0 Å². The van der Waals surface area contributed by atoms with Gasteiger partial charge in [-0.25, -0.2) is 0 Å². The molecule has 0 N–H and O–H groups in total. The van der Waals surface area contributed by atoms with Gasteiger partial charge in [0, 0.05) is 11.8 Å². The smallest absolute Gasteiger partial charge is 0.0321 e. The normalized spacial score (nSPS) is 18.0. The van der Waals surface area contributed by atoms with Crippen molar-refractivity contribution in [3.05, 3.63) is 149 Å². The second-order valence-corrected chi connectivity index (χ2v) is 9.29. The fraction of sp³-hybridized carbons (Fsp3) is 0.0909. The van der Waals surface area contributed by atoms with Crippen LogP contribution < -0.4 is 0 Å². The molecule has 0 heteroatoms. The van der Waals surface area contributed by atoms with E-state index in [0.29, 0.717) is 11.8 Å². The SMILES string of the molecule is C1=C(C2c3ccccc3-c3c2ccc2ccccc32)C(Cc2ccccc2)c2ccccc21. The van der Waals surface area contributed by atoms with E-state index in [2.05, 4.69) is 121 Å². The van der Waals surface area contributed by atoms with Gasteiger partial charge in [-0.05, 0) is 61.7 Å². The number of allylic oxidation sites excluding steroid dienone is 1. The molecule has 2 atom stereocenters. The minimum absolute atomic E-state index is 0.293. The van der Waals surface area contributed by atoms with Gasteiger partial charge in [0.15, 0.2) is 0 Å². The largest absolute Gasteiger partial charge is 0.0622 e. The summed E-state index contributed by atoms with van der Waals surface area (Å²) in [6.45, 7) is 0. The van der Waals surface area contributed by atoms with Gasteiger partial charge in [-0.15, -0.1) is 0 Å². The minimum atomic E-state index is 0.293. The van der Waals surface area contributed by atoms with E-state index >= 15 is 0 Å². The lowest BCUT2D eigenvalue weighted by Crippen LogP contribution is -2.10. The van der Waals surface area contributed by atoms with Gasteiger partial charge < -0.3 is 0 Å². The Hall–Kier alpha value is -3.90. The predicted molar refractivity (Wildman–Crippen MR) is 139 cm³/mol. The maximum Gasteiger partial charge on any atom is 0.0321 e. The van der Waals surface area contributed by atoms with Crippen LogP contribution in [0.5, 0.6) is 0 Å². The Morgan fingerprint density at radius 2 is 1.27 bits per heavy atom. The van der Waals surface area contributed by atoms with E-state index in [1.165, 1.54) is 55.3 Å². The van der Waals surface area contributed by atoms with E-state index in [1.807, 2.05) is 0 Å².